The predicted octanol–water partition coefficient (Wildman–Crippen LogP) is 15.7. The highest BCUT2D eigenvalue weighted by atomic mass is 15.1. The summed E-state index contributed by atoms with van der Waals surface area (Å²) < 4.78 is 9.85. The first-order valence-corrected chi connectivity index (χ1v) is 22.0. The number of benzene rings is 10. The minimum atomic E-state index is 1.12. The molecule has 0 aliphatic carbocycles. The van der Waals surface area contributed by atoms with Gasteiger partial charge in [0, 0.05) is 54.5 Å². The molecular weight excluding hydrogens is 777 g/mol. The Balaban J connectivity index is 0.987. The van der Waals surface area contributed by atoms with Crippen molar-refractivity contribution in [3.8, 4) is 33.9 Å². The number of nitrogens with zero attached hydrogens (tertiary/aromatic N) is 4. The van der Waals surface area contributed by atoms with Crippen LogP contribution in [0.25, 0.3) is 121 Å². The molecule has 0 unspecified atom stereocenters. The molecule has 64 heavy (non-hydrogen) atoms. The second-order valence-electron chi connectivity index (χ2n) is 16.9. The molecule has 0 N–H and O–H groups in total. The highest BCUT2D eigenvalue weighted by Crippen LogP contribution is 2.42. The van der Waals surface area contributed by atoms with Crippen molar-refractivity contribution in [2.24, 2.45) is 0 Å². The van der Waals surface area contributed by atoms with Crippen LogP contribution in [0, 0.1) is 0 Å². The summed E-state index contributed by atoms with van der Waals surface area (Å²) in [6.45, 7) is 0. The second kappa shape index (κ2) is 13.4. The van der Waals surface area contributed by atoms with E-state index in [9.17, 15) is 0 Å². The molecule has 4 heteroatoms. The molecule has 0 aliphatic rings. The number of fused-ring (bicyclic) bond motifs is 12. The Bertz CT molecular complexity index is 3830. The highest BCUT2D eigenvalue weighted by Gasteiger charge is 2.22. The summed E-state index contributed by atoms with van der Waals surface area (Å²) in [6.07, 6.45) is 0. The summed E-state index contributed by atoms with van der Waals surface area (Å²) in [5.74, 6) is 0. The number of rotatable bonds is 5. The van der Waals surface area contributed by atoms with Gasteiger partial charge in [-0.1, -0.05) is 158 Å². The lowest BCUT2D eigenvalue weighted by molar-refractivity contribution is 1.13. The van der Waals surface area contributed by atoms with Gasteiger partial charge in [0.25, 0.3) is 0 Å². The van der Waals surface area contributed by atoms with Gasteiger partial charge in [0.05, 0.1) is 55.5 Å². The van der Waals surface area contributed by atoms with Gasteiger partial charge < -0.3 is 18.3 Å². The lowest BCUT2D eigenvalue weighted by Crippen LogP contribution is -2.01. The molecule has 298 valence electrons. The zero-order valence-electron chi connectivity index (χ0n) is 34.7. The van der Waals surface area contributed by atoms with Gasteiger partial charge in [-0.15, -0.1) is 0 Å². The van der Waals surface area contributed by atoms with Gasteiger partial charge in [-0.05, 0) is 83.9 Å². The Hall–Kier alpha value is -8.60. The van der Waals surface area contributed by atoms with E-state index in [-0.39, 0.29) is 0 Å². The molecule has 0 saturated carbocycles. The Labute approximate surface area is 368 Å². The van der Waals surface area contributed by atoms with E-state index in [2.05, 4.69) is 249 Å². The fourth-order valence-corrected chi connectivity index (χ4v) is 10.9. The van der Waals surface area contributed by atoms with E-state index in [0.717, 1.165) is 33.9 Å². The van der Waals surface area contributed by atoms with E-state index < -0.39 is 0 Å². The first-order valence-electron chi connectivity index (χ1n) is 22.0. The molecule has 0 aliphatic heterocycles. The van der Waals surface area contributed by atoms with E-state index in [1.165, 1.54) is 87.2 Å². The first kappa shape index (κ1) is 35.0. The molecule has 0 fully saturated rings. The van der Waals surface area contributed by atoms with Crippen molar-refractivity contribution in [3.63, 3.8) is 0 Å². The molecule has 0 bridgehead atoms. The number of hydrogen-bond acceptors (Lipinski definition) is 0. The molecule has 0 atom stereocenters. The van der Waals surface area contributed by atoms with Crippen LogP contribution in [0.15, 0.2) is 231 Å². The van der Waals surface area contributed by atoms with E-state index >= 15 is 0 Å². The van der Waals surface area contributed by atoms with Crippen LogP contribution in [-0.2, 0) is 0 Å². The summed E-state index contributed by atoms with van der Waals surface area (Å²) >= 11 is 0. The van der Waals surface area contributed by atoms with Crippen molar-refractivity contribution in [2.45, 2.75) is 0 Å². The van der Waals surface area contributed by atoms with E-state index in [0.29, 0.717) is 0 Å². The topological polar surface area (TPSA) is 19.7 Å². The summed E-state index contributed by atoms with van der Waals surface area (Å²) in [6, 6.07) is 84.5. The summed E-state index contributed by atoms with van der Waals surface area (Å²) in [4.78, 5) is 0. The van der Waals surface area contributed by atoms with Gasteiger partial charge in [0.2, 0.25) is 0 Å². The number of hydrogen-bond donors (Lipinski definition) is 0. The molecule has 4 aromatic heterocycles. The lowest BCUT2D eigenvalue weighted by atomic mass is 10.0. The quantitative estimate of drug-likeness (QED) is 0.165. The van der Waals surface area contributed by atoms with Crippen LogP contribution in [0.4, 0.5) is 0 Å². The monoisotopic (exact) mass is 814 g/mol. The molecule has 10 aromatic carbocycles. The first-order chi connectivity index (χ1) is 31.8. The van der Waals surface area contributed by atoms with Crippen molar-refractivity contribution in [3.05, 3.63) is 231 Å². The van der Waals surface area contributed by atoms with Crippen molar-refractivity contribution in [2.75, 3.05) is 0 Å². The third-order valence-corrected chi connectivity index (χ3v) is 13.5. The van der Waals surface area contributed by atoms with Crippen molar-refractivity contribution >= 4 is 87.2 Å². The minimum Gasteiger partial charge on any atom is -0.307 e. The molecule has 14 rings (SSSR count). The van der Waals surface area contributed by atoms with Crippen LogP contribution in [0.2, 0.25) is 0 Å². The van der Waals surface area contributed by atoms with Gasteiger partial charge in [-0.25, -0.2) is 0 Å². The van der Waals surface area contributed by atoms with Gasteiger partial charge in [-0.3, -0.25) is 0 Å². The lowest BCUT2D eigenvalue weighted by Gasteiger charge is -2.16. The zero-order chi connectivity index (χ0) is 41.9. The third-order valence-electron chi connectivity index (χ3n) is 13.5. The Morgan fingerprint density at radius 2 is 0.469 bits per heavy atom. The fraction of sp³-hybridized carbons (Fsp3) is 0. The van der Waals surface area contributed by atoms with Gasteiger partial charge in [0.15, 0.2) is 0 Å². The largest absolute Gasteiger partial charge is 0.307 e. The normalized spacial score (nSPS) is 12.1. The molecule has 4 heterocycles. The Kier molecular flexibility index (Phi) is 7.36. The predicted molar refractivity (Wildman–Crippen MR) is 269 cm³/mol. The smallest absolute Gasteiger partial charge is 0.0782 e. The standard InChI is InChI=1S/C60H38N4/c1-9-31-53-43(21-1)44-22-2-10-32-54(44)63(53)57-35-15-27-49-47-25-5-7-29-51(47)61(59(49)57)41-19-13-17-39(37-41)40-18-14-20-42(38-40)62-52-30-8-6-26-48(52)50-28-16-36-58(60(50)62)64-55-33-11-3-23-45(55)46-24-4-12-34-56(46)64/h1-38H. The molecule has 0 spiro atoms. The fourth-order valence-electron chi connectivity index (χ4n) is 10.9. The maximum absolute atomic E-state index is 2.47. The van der Waals surface area contributed by atoms with Crippen LogP contribution in [-0.4, -0.2) is 18.3 Å². The van der Waals surface area contributed by atoms with E-state index in [1.54, 1.807) is 0 Å². The van der Waals surface area contributed by atoms with Crippen LogP contribution < -0.4 is 0 Å². The van der Waals surface area contributed by atoms with Gasteiger partial charge in [-0.2, -0.15) is 0 Å². The van der Waals surface area contributed by atoms with Crippen LogP contribution in [0.5, 0.6) is 0 Å². The molecule has 0 amide bonds. The van der Waals surface area contributed by atoms with Crippen LogP contribution >= 0.6 is 0 Å². The van der Waals surface area contributed by atoms with Gasteiger partial charge >= 0.3 is 0 Å². The number of para-hydroxylation sites is 8. The zero-order valence-corrected chi connectivity index (χ0v) is 34.7. The average Bonchev–Trinajstić information content (AvgIpc) is 4.10. The Morgan fingerprint density at radius 1 is 0.203 bits per heavy atom. The van der Waals surface area contributed by atoms with Gasteiger partial charge in [0.1, 0.15) is 0 Å². The molecule has 0 radical (unpaired) electrons. The van der Waals surface area contributed by atoms with Crippen LogP contribution in [0.1, 0.15) is 0 Å². The van der Waals surface area contributed by atoms with E-state index in [4.69, 9.17) is 0 Å². The maximum Gasteiger partial charge on any atom is 0.0782 e. The second-order valence-corrected chi connectivity index (χ2v) is 16.9. The Morgan fingerprint density at radius 3 is 0.812 bits per heavy atom. The van der Waals surface area contributed by atoms with Crippen molar-refractivity contribution < 1.29 is 0 Å². The third kappa shape index (κ3) is 4.88. The minimum absolute atomic E-state index is 1.12. The molecule has 14 aromatic rings. The molecule has 0 saturated heterocycles. The molecule has 4 nitrogen and oxygen atoms in total. The molecular formula is C60H38N4. The number of aromatic nitrogens is 4. The van der Waals surface area contributed by atoms with E-state index in [1.807, 2.05) is 0 Å². The average molecular weight is 815 g/mol. The highest BCUT2D eigenvalue weighted by molar-refractivity contribution is 6.17. The summed E-state index contributed by atoms with van der Waals surface area (Å²) in [7, 11) is 0. The van der Waals surface area contributed by atoms with Crippen molar-refractivity contribution in [1.29, 1.82) is 0 Å². The maximum atomic E-state index is 2.47. The summed E-state index contributed by atoms with van der Waals surface area (Å²) in [5, 5.41) is 9.95. The summed E-state index contributed by atoms with van der Waals surface area (Å²) in [5.41, 5.74) is 16.4. The van der Waals surface area contributed by atoms with Crippen molar-refractivity contribution in [1.82, 2.24) is 18.3 Å². The SMILES string of the molecule is c1cc(-c2cccc(-n3c4ccccc4c4cccc(-n5c6ccccc6c6ccccc65)c43)c2)cc(-n2c3ccccc3c3cccc(-n4c5ccccc5c5ccccc54)c32)c1. The van der Waals surface area contributed by atoms with Crippen LogP contribution in [0.3, 0.4) is 0 Å².